The molecule has 8 heteroatoms. The summed E-state index contributed by atoms with van der Waals surface area (Å²) in [5, 5.41) is 13.9. The van der Waals surface area contributed by atoms with Crippen LogP contribution in [0, 0.1) is 0 Å². The Morgan fingerprint density at radius 3 is 2.79 bits per heavy atom. The Balaban J connectivity index is 1.55. The van der Waals surface area contributed by atoms with E-state index >= 15 is 0 Å². The second kappa shape index (κ2) is 5.99. The average Bonchev–Trinajstić information content (AvgIpc) is 3.16. The van der Waals surface area contributed by atoms with E-state index in [1.54, 1.807) is 30.3 Å². The predicted molar refractivity (Wildman–Crippen MR) is 84.5 cm³/mol. The molecule has 0 atom stereocenters. The lowest BCUT2D eigenvalue weighted by Gasteiger charge is -2.18. The first kappa shape index (κ1) is 14.2. The van der Waals surface area contributed by atoms with Gasteiger partial charge in [0.05, 0.1) is 5.69 Å². The fourth-order valence-corrected chi connectivity index (χ4v) is 2.39. The minimum atomic E-state index is -0.235. The molecule has 4 rings (SSSR count). The van der Waals surface area contributed by atoms with E-state index in [0.29, 0.717) is 36.0 Å². The number of hydrogen-bond donors (Lipinski definition) is 1. The second-order valence-electron chi connectivity index (χ2n) is 5.12. The quantitative estimate of drug-likeness (QED) is 0.788. The molecule has 8 nitrogen and oxygen atoms in total. The van der Waals surface area contributed by atoms with E-state index < -0.39 is 0 Å². The van der Waals surface area contributed by atoms with Crippen LogP contribution in [0.5, 0.6) is 11.5 Å². The molecule has 24 heavy (non-hydrogen) atoms. The van der Waals surface area contributed by atoms with E-state index in [1.165, 1.54) is 11.0 Å². The van der Waals surface area contributed by atoms with Crippen LogP contribution in [0.15, 0.2) is 48.8 Å². The summed E-state index contributed by atoms with van der Waals surface area (Å²) in [5.74, 6) is 0.996. The number of hydrogen-bond acceptors (Lipinski definition) is 6. The maximum Gasteiger partial charge on any atom is 0.255 e. The number of carbonyl (C=O) groups is 1. The summed E-state index contributed by atoms with van der Waals surface area (Å²) in [5.41, 5.74) is 1.88. The third-order valence-corrected chi connectivity index (χ3v) is 3.52. The Labute approximate surface area is 137 Å². The van der Waals surface area contributed by atoms with Gasteiger partial charge in [0.25, 0.3) is 5.91 Å². The molecule has 0 saturated carbocycles. The third-order valence-electron chi connectivity index (χ3n) is 3.52. The first-order valence-electron chi connectivity index (χ1n) is 7.34. The topological polar surface area (TPSA) is 91.2 Å². The molecular weight excluding hydrogens is 310 g/mol. The molecule has 1 aliphatic heterocycles. The third kappa shape index (κ3) is 2.76. The lowest BCUT2D eigenvalue weighted by Crippen LogP contribution is -2.17. The molecule has 1 aromatic heterocycles. The zero-order chi connectivity index (χ0) is 16.4. The van der Waals surface area contributed by atoms with Crippen molar-refractivity contribution in [3.8, 4) is 17.2 Å². The van der Waals surface area contributed by atoms with Crippen molar-refractivity contribution in [3.63, 3.8) is 0 Å². The molecular formula is C16H13N5O3. The van der Waals surface area contributed by atoms with Gasteiger partial charge in [0.1, 0.15) is 19.5 Å². The Morgan fingerprint density at radius 1 is 1.08 bits per heavy atom. The van der Waals surface area contributed by atoms with E-state index in [0.717, 1.165) is 5.69 Å². The summed E-state index contributed by atoms with van der Waals surface area (Å²) in [6, 6.07) is 12.4. The summed E-state index contributed by atoms with van der Waals surface area (Å²) in [6.45, 7) is 0.995. The molecule has 0 spiro atoms. The number of tetrazole rings is 1. The Morgan fingerprint density at radius 2 is 1.96 bits per heavy atom. The van der Waals surface area contributed by atoms with Crippen molar-refractivity contribution in [3.05, 3.63) is 54.4 Å². The van der Waals surface area contributed by atoms with Gasteiger partial charge in [0.15, 0.2) is 11.5 Å². The molecule has 1 amide bonds. The standard InChI is InChI=1S/C16H13N5O3/c22-16(11-4-5-14-15(8-11)24-7-6-23-14)18-12-2-1-3-13(9-12)21-10-17-19-20-21/h1-5,8-10H,6-7H2,(H,18,22). The van der Waals surface area contributed by atoms with Crippen LogP contribution in [0.25, 0.3) is 5.69 Å². The lowest BCUT2D eigenvalue weighted by molar-refractivity contribution is 0.102. The highest BCUT2D eigenvalue weighted by atomic mass is 16.6. The fourth-order valence-electron chi connectivity index (χ4n) is 2.39. The van der Waals surface area contributed by atoms with Crippen molar-refractivity contribution in [2.75, 3.05) is 18.5 Å². The van der Waals surface area contributed by atoms with E-state index in [9.17, 15) is 4.79 Å². The first-order chi connectivity index (χ1) is 11.8. The number of aromatic nitrogens is 4. The van der Waals surface area contributed by atoms with Crippen LogP contribution in [-0.2, 0) is 0 Å². The van der Waals surface area contributed by atoms with Gasteiger partial charge in [-0.3, -0.25) is 4.79 Å². The second-order valence-corrected chi connectivity index (χ2v) is 5.12. The van der Waals surface area contributed by atoms with Gasteiger partial charge in [-0.1, -0.05) is 6.07 Å². The molecule has 2 heterocycles. The molecule has 0 fully saturated rings. The minimum Gasteiger partial charge on any atom is -0.486 e. The number of carbonyl (C=O) groups excluding carboxylic acids is 1. The number of anilines is 1. The van der Waals surface area contributed by atoms with E-state index in [1.807, 2.05) is 12.1 Å². The maximum absolute atomic E-state index is 12.4. The molecule has 0 radical (unpaired) electrons. The summed E-state index contributed by atoms with van der Waals surface area (Å²) >= 11 is 0. The highest BCUT2D eigenvalue weighted by Crippen LogP contribution is 2.31. The Hall–Kier alpha value is -3.42. The van der Waals surface area contributed by atoms with Crippen LogP contribution in [0.1, 0.15) is 10.4 Å². The lowest BCUT2D eigenvalue weighted by atomic mass is 10.1. The predicted octanol–water partition coefficient (Wildman–Crippen LogP) is 1.69. The number of amides is 1. The molecule has 1 N–H and O–H groups in total. The number of nitrogens with one attached hydrogen (secondary N) is 1. The van der Waals surface area contributed by atoms with Gasteiger partial charge < -0.3 is 14.8 Å². The molecule has 2 aromatic carbocycles. The van der Waals surface area contributed by atoms with Crippen LogP contribution >= 0.6 is 0 Å². The summed E-state index contributed by atoms with van der Waals surface area (Å²) < 4.78 is 12.5. The maximum atomic E-state index is 12.4. The van der Waals surface area contributed by atoms with Crippen molar-refractivity contribution in [1.29, 1.82) is 0 Å². The zero-order valence-corrected chi connectivity index (χ0v) is 12.5. The van der Waals surface area contributed by atoms with Crippen molar-refractivity contribution >= 4 is 11.6 Å². The van der Waals surface area contributed by atoms with E-state index in [4.69, 9.17) is 9.47 Å². The van der Waals surface area contributed by atoms with Crippen LogP contribution < -0.4 is 14.8 Å². The highest BCUT2D eigenvalue weighted by molar-refractivity contribution is 6.04. The van der Waals surface area contributed by atoms with Crippen LogP contribution in [0.2, 0.25) is 0 Å². The van der Waals surface area contributed by atoms with Crippen molar-refractivity contribution in [2.24, 2.45) is 0 Å². The van der Waals surface area contributed by atoms with Crippen molar-refractivity contribution in [2.45, 2.75) is 0 Å². The summed E-state index contributed by atoms with van der Waals surface area (Å²) in [7, 11) is 0. The Kier molecular flexibility index (Phi) is 3.54. The smallest absolute Gasteiger partial charge is 0.255 e. The normalized spacial score (nSPS) is 12.7. The minimum absolute atomic E-state index is 0.235. The molecule has 0 saturated heterocycles. The first-order valence-corrected chi connectivity index (χ1v) is 7.34. The zero-order valence-electron chi connectivity index (χ0n) is 12.5. The monoisotopic (exact) mass is 323 g/mol. The molecule has 0 aliphatic carbocycles. The van der Waals surface area contributed by atoms with Gasteiger partial charge in [0, 0.05) is 11.3 Å². The average molecular weight is 323 g/mol. The summed E-state index contributed by atoms with van der Waals surface area (Å²) in [4.78, 5) is 12.4. The molecule has 0 unspecified atom stereocenters. The van der Waals surface area contributed by atoms with Crippen molar-refractivity contribution < 1.29 is 14.3 Å². The van der Waals surface area contributed by atoms with Crippen LogP contribution in [0.4, 0.5) is 5.69 Å². The van der Waals surface area contributed by atoms with Crippen LogP contribution in [-0.4, -0.2) is 39.3 Å². The van der Waals surface area contributed by atoms with Crippen molar-refractivity contribution in [1.82, 2.24) is 20.2 Å². The van der Waals surface area contributed by atoms with Gasteiger partial charge in [-0.05, 0) is 46.8 Å². The molecule has 1 aliphatic rings. The fraction of sp³-hybridized carbons (Fsp3) is 0.125. The summed E-state index contributed by atoms with van der Waals surface area (Å²) in [6.07, 6.45) is 1.49. The Bertz CT molecular complexity index is 879. The van der Waals surface area contributed by atoms with Gasteiger partial charge in [0.2, 0.25) is 0 Å². The highest BCUT2D eigenvalue weighted by Gasteiger charge is 2.15. The molecule has 0 bridgehead atoms. The number of rotatable bonds is 3. The SMILES string of the molecule is O=C(Nc1cccc(-n2cnnn2)c1)c1ccc2c(c1)OCCO2. The number of nitrogens with zero attached hydrogens (tertiary/aromatic N) is 4. The molecule has 3 aromatic rings. The van der Waals surface area contributed by atoms with Crippen LogP contribution in [0.3, 0.4) is 0 Å². The van der Waals surface area contributed by atoms with E-state index in [-0.39, 0.29) is 5.91 Å². The largest absolute Gasteiger partial charge is 0.486 e. The number of fused-ring (bicyclic) bond motifs is 1. The van der Waals surface area contributed by atoms with Gasteiger partial charge in [-0.25, -0.2) is 4.68 Å². The van der Waals surface area contributed by atoms with E-state index in [2.05, 4.69) is 20.8 Å². The number of ether oxygens (including phenoxy) is 2. The van der Waals surface area contributed by atoms with Gasteiger partial charge in [-0.2, -0.15) is 0 Å². The number of benzene rings is 2. The molecule has 120 valence electrons. The van der Waals surface area contributed by atoms with Gasteiger partial charge in [-0.15, -0.1) is 5.10 Å². The van der Waals surface area contributed by atoms with Gasteiger partial charge >= 0.3 is 0 Å².